The number of ether oxygens (including phenoxy) is 3. The van der Waals surface area contributed by atoms with Crippen LogP contribution in [-0.2, 0) is 14.9 Å². The number of hydrogen-bond acceptors (Lipinski definition) is 5. The number of benzene rings is 2. The fourth-order valence-corrected chi connectivity index (χ4v) is 8.05. The number of likely N-dealkylation sites (N-methyl/N-ethyl adjacent to an activating group) is 2. The van der Waals surface area contributed by atoms with Crippen molar-refractivity contribution in [2.24, 2.45) is 5.92 Å². The van der Waals surface area contributed by atoms with Crippen LogP contribution in [0, 0.1) is 5.92 Å². The summed E-state index contributed by atoms with van der Waals surface area (Å²) in [7, 11) is 4.55. The molecule has 0 spiro atoms. The maximum atomic E-state index is 6.78. The minimum absolute atomic E-state index is 0.114. The Bertz CT molecular complexity index is 1330. The molecule has 5 heteroatoms. The van der Waals surface area contributed by atoms with Crippen LogP contribution in [0.4, 0.5) is 0 Å². The normalized spacial score (nSPS) is 21.1. The molecule has 0 radical (unpaired) electrons. The Hall–Kier alpha value is -2.76. The minimum atomic E-state index is 0.114. The van der Waals surface area contributed by atoms with Crippen molar-refractivity contribution in [1.29, 1.82) is 0 Å². The highest BCUT2D eigenvalue weighted by Gasteiger charge is 2.31. The van der Waals surface area contributed by atoms with E-state index in [1.54, 1.807) is 0 Å². The average Bonchev–Trinajstić information content (AvgIpc) is 3.11. The van der Waals surface area contributed by atoms with Gasteiger partial charge in [-0.25, -0.2) is 0 Å². The molecule has 0 amide bonds. The molecular formula is C44H66N2O3. The number of rotatable bonds is 16. The molecule has 5 rings (SSSR count). The first-order valence-electron chi connectivity index (χ1n) is 19.7. The zero-order chi connectivity index (χ0) is 34.6. The van der Waals surface area contributed by atoms with Crippen LogP contribution in [0.3, 0.4) is 0 Å². The third-order valence-corrected chi connectivity index (χ3v) is 11.3. The van der Waals surface area contributed by atoms with Gasteiger partial charge in [0.1, 0.15) is 36.2 Å². The molecule has 0 saturated heterocycles. The van der Waals surface area contributed by atoms with Gasteiger partial charge in [-0.1, -0.05) is 103 Å². The van der Waals surface area contributed by atoms with Crippen molar-refractivity contribution in [2.75, 3.05) is 40.4 Å². The first-order valence-corrected chi connectivity index (χ1v) is 19.7. The summed E-state index contributed by atoms with van der Waals surface area (Å²) < 4.78 is 19.8. The van der Waals surface area contributed by atoms with Crippen molar-refractivity contribution < 1.29 is 14.2 Å². The van der Waals surface area contributed by atoms with Crippen molar-refractivity contribution in [2.45, 2.75) is 135 Å². The summed E-state index contributed by atoms with van der Waals surface area (Å²) in [6, 6.07) is 18.6. The van der Waals surface area contributed by atoms with Gasteiger partial charge in [-0.3, -0.25) is 0 Å². The van der Waals surface area contributed by atoms with Crippen LogP contribution in [0.5, 0.6) is 11.5 Å². The predicted octanol–water partition coefficient (Wildman–Crippen LogP) is 11.0. The minimum Gasteiger partial charge on any atom is -0.496 e. The summed E-state index contributed by atoms with van der Waals surface area (Å²) in [4.78, 5) is 5.05. The highest BCUT2D eigenvalue weighted by molar-refractivity contribution is 5.41. The molecule has 270 valence electrons. The molecule has 2 unspecified atom stereocenters. The van der Waals surface area contributed by atoms with Gasteiger partial charge in [0.15, 0.2) is 0 Å². The molecule has 49 heavy (non-hydrogen) atoms. The van der Waals surface area contributed by atoms with E-state index in [1.807, 2.05) is 0 Å². The third-order valence-electron chi connectivity index (χ3n) is 11.3. The lowest BCUT2D eigenvalue weighted by Crippen LogP contribution is -2.36. The second-order valence-electron chi connectivity index (χ2n) is 16.1. The molecule has 0 heterocycles. The van der Waals surface area contributed by atoms with Gasteiger partial charge in [-0.2, -0.15) is 0 Å². The smallest absolute Gasteiger partial charge is 0.127 e. The summed E-state index contributed by atoms with van der Waals surface area (Å²) in [5.41, 5.74) is 2.67. The van der Waals surface area contributed by atoms with Gasteiger partial charge in [0, 0.05) is 43.1 Å². The Morgan fingerprint density at radius 3 is 1.94 bits per heavy atom. The molecular weight excluding hydrogens is 604 g/mol. The van der Waals surface area contributed by atoms with Crippen molar-refractivity contribution >= 4 is 0 Å². The van der Waals surface area contributed by atoms with E-state index in [0.29, 0.717) is 25.3 Å². The van der Waals surface area contributed by atoms with Gasteiger partial charge in [0.2, 0.25) is 0 Å². The second kappa shape index (κ2) is 18.5. The van der Waals surface area contributed by atoms with E-state index >= 15 is 0 Å². The van der Waals surface area contributed by atoms with Crippen molar-refractivity contribution in [1.82, 2.24) is 9.80 Å². The summed E-state index contributed by atoms with van der Waals surface area (Å²) in [6.07, 6.45) is 21.4. The number of allylic oxidation sites excluding steroid dienone is 3. The summed E-state index contributed by atoms with van der Waals surface area (Å²) in [5.74, 6) is 4.17. The fraction of sp³-hybridized carbons (Fsp3) is 0.636. The third kappa shape index (κ3) is 11.1. The Morgan fingerprint density at radius 1 is 0.735 bits per heavy atom. The van der Waals surface area contributed by atoms with Crippen LogP contribution in [0.2, 0.25) is 0 Å². The van der Waals surface area contributed by atoms with Gasteiger partial charge >= 0.3 is 0 Å². The van der Waals surface area contributed by atoms with Crippen LogP contribution in [0.25, 0.3) is 0 Å². The van der Waals surface area contributed by atoms with Crippen LogP contribution in [-0.4, -0.2) is 62.3 Å². The van der Waals surface area contributed by atoms with Crippen molar-refractivity contribution in [3.05, 3.63) is 83.3 Å². The molecule has 0 aliphatic heterocycles. The molecule has 2 saturated carbocycles. The van der Waals surface area contributed by atoms with Crippen molar-refractivity contribution in [3.8, 4) is 11.5 Å². The van der Waals surface area contributed by atoms with Gasteiger partial charge < -0.3 is 24.0 Å². The molecule has 0 aromatic heterocycles. The first kappa shape index (κ1) is 37.5. The lowest BCUT2D eigenvalue weighted by atomic mass is 9.78. The molecule has 2 fully saturated rings. The van der Waals surface area contributed by atoms with Crippen LogP contribution < -0.4 is 4.74 Å². The fourth-order valence-electron chi connectivity index (χ4n) is 8.05. The zero-order valence-electron chi connectivity index (χ0n) is 31.7. The van der Waals surface area contributed by atoms with E-state index in [0.717, 1.165) is 55.4 Å². The highest BCUT2D eigenvalue weighted by Crippen LogP contribution is 2.42. The Kier molecular flexibility index (Phi) is 14.1. The largest absolute Gasteiger partial charge is 0.496 e. The van der Waals surface area contributed by atoms with E-state index in [2.05, 4.69) is 112 Å². The molecule has 0 N–H and O–H groups in total. The quantitative estimate of drug-likeness (QED) is 0.178. The number of unbranched alkanes of at least 4 members (excludes halogenated alkanes) is 1. The monoisotopic (exact) mass is 671 g/mol. The zero-order valence-corrected chi connectivity index (χ0v) is 31.7. The van der Waals surface area contributed by atoms with E-state index < -0.39 is 0 Å². The number of hydrogen-bond donors (Lipinski definition) is 0. The number of nitrogens with zero attached hydrogens (tertiary/aromatic N) is 2. The lowest BCUT2D eigenvalue weighted by Gasteiger charge is -2.34. The topological polar surface area (TPSA) is 34.2 Å². The Labute approximate surface area is 299 Å². The molecule has 5 nitrogen and oxygen atoms in total. The maximum absolute atomic E-state index is 6.78. The van der Waals surface area contributed by atoms with Gasteiger partial charge in [0.05, 0.1) is 0 Å². The first-order chi connectivity index (χ1) is 23.7. The van der Waals surface area contributed by atoms with Crippen LogP contribution >= 0.6 is 0 Å². The molecule has 3 aliphatic rings. The predicted molar refractivity (Wildman–Crippen MR) is 204 cm³/mol. The summed E-state index contributed by atoms with van der Waals surface area (Å²) >= 11 is 0. The lowest BCUT2D eigenvalue weighted by molar-refractivity contribution is 0.104. The van der Waals surface area contributed by atoms with E-state index in [1.165, 1.54) is 75.3 Å². The SMILES string of the molecule is CCCCC1C(OCCN(C)C2CCCCC2)=CC(OCCN(C)C2CCCCC2)=CC1c1cccc(Oc2ccc(C(C)(C)C)cc2)c1. The standard InChI is InChI=1S/C44H66N2O3/c1-7-8-22-41-42(34-16-15-21-39(31-34)49-38-25-23-35(24-26-38)44(2,3)4)32-40(47-29-27-45(5)36-17-11-9-12-18-36)33-43(41)48-30-28-46(6)37-19-13-10-14-20-37/h15-16,21,23-26,31-33,36-37,41-42H,7-14,17-20,22,27-30H2,1-6H3. The van der Waals surface area contributed by atoms with Crippen molar-refractivity contribution in [3.63, 3.8) is 0 Å². The second-order valence-corrected chi connectivity index (χ2v) is 16.1. The highest BCUT2D eigenvalue weighted by atomic mass is 16.5. The van der Waals surface area contributed by atoms with Crippen LogP contribution in [0.15, 0.2) is 72.2 Å². The van der Waals surface area contributed by atoms with Crippen LogP contribution in [0.1, 0.15) is 128 Å². The molecule has 2 aromatic rings. The molecule has 2 atom stereocenters. The average molecular weight is 671 g/mol. The van der Waals surface area contributed by atoms with E-state index in [9.17, 15) is 0 Å². The molecule has 0 bridgehead atoms. The maximum Gasteiger partial charge on any atom is 0.127 e. The summed E-state index contributed by atoms with van der Waals surface area (Å²) in [5, 5.41) is 0. The van der Waals surface area contributed by atoms with E-state index in [-0.39, 0.29) is 17.3 Å². The summed E-state index contributed by atoms with van der Waals surface area (Å²) in [6.45, 7) is 12.3. The van der Waals surface area contributed by atoms with E-state index in [4.69, 9.17) is 14.2 Å². The molecule has 2 aromatic carbocycles. The Morgan fingerprint density at radius 2 is 1.35 bits per heavy atom. The van der Waals surface area contributed by atoms with Gasteiger partial charge in [-0.15, -0.1) is 0 Å². The Balaban J connectivity index is 1.33. The van der Waals surface area contributed by atoms with Gasteiger partial charge in [-0.05, 0) is 93.1 Å². The molecule has 3 aliphatic carbocycles. The van der Waals surface area contributed by atoms with Gasteiger partial charge in [0.25, 0.3) is 0 Å².